The molecular formula is C15H20F3N3O3S. The maximum absolute atomic E-state index is 13.0. The molecule has 1 aliphatic rings. The fraction of sp³-hybridized carbons (Fsp3) is 0.533. The lowest BCUT2D eigenvalue weighted by molar-refractivity contribution is -0.139. The van der Waals surface area contributed by atoms with E-state index < -0.39 is 38.6 Å². The maximum Gasteiger partial charge on any atom is 0.417 e. The van der Waals surface area contributed by atoms with Crippen LogP contribution in [0.3, 0.4) is 0 Å². The number of amides is 1. The minimum absolute atomic E-state index is 0.179. The fourth-order valence-electron chi connectivity index (χ4n) is 2.90. The number of nitrogens with two attached hydrogens (primary N) is 1. The topological polar surface area (TPSA) is 92.5 Å². The van der Waals surface area contributed by atoms with Gasteiger partial charge in [0.25, 0.3) is 0 Å². The van der Waals surface area contributed by atoms with Crippen LogP contribution >= 0.6 is 0 Å². The quantitative estimate of drug-likeness (QED) is 0.807. The Bertz CT molecular complexity index is 737. The molecule has 3 N–H and O–H groups in total. The Labute approximate surface area is 144 Å². The van der Waals surface area contributed by atoms with Crippen LogP contribution in [-0.4, -0.2) is 44.4 Å². The van der Waals surface area contributed by atoms with E-state index in [2.05, 4.69) is 0 Å². The molecule has 140 valence electrons. The predicted molar refractivity (Wildman–Crippen MR) is 85.0 cm³/mol. The summed E-state index contributed by atoms with van der Waals surface area (Å²) in [4.78, 5) is 13.0. The molecule has 0 bridgehead atoms. The van der Waals surface area contributed by atoms with Crippen LogP contribution in [0, 0.1) is 0 Å². The van der Waals surface area contributed by atoms with Crippen LogP contribution in [0.4, 0.5) is 13.2 Å². The number of benzene rings is 1. The molecule has 1 aliphatic heterocycles. The molecule has 0 aliphatic carbocycles. The molecule has 0 radical (unpaired) electrons. The Morgan fingerprint density at radius 3 is 2.64 bits per heavy atom. The van der Waals surface area contributed by atoms with Crippen LogP contribution in [0.15, 0.2) is 29.2 Å². The van der Waals surface area contributed by atoms with Gasteiger partial charge in [0.15, 0.2) is 0 Å². The molecule has 1 aromatic rings. The van der Waals surface area contributed by atoms with E-state index in [0.717, 1.165) is 25.0 Å². The fourth-order valence-corrected chi connectivity index (χ4v) is 4.33. The smallest absolute Gasteiger partial charge is 0.337 e. The number of hydrogen-bond donors (Lipinski definition) is 2. The summed E-state index contributed by atoms with van der Waals surface area (Å²) in [6.07, 6.45) is -3.35. The zero-order valence-electron chi connectivity index (χ0n) is 13.6. The first-order chi connectivity index (χ1) is 11.6. The lowest BCUT2D eigenvalue weighted by atomic mass is 10.2. The summed E-state index contributed by atoms with van der Waals surface area (Å²) < 4.78 is 65.9. The van der Waals surface area contributed by atoms with Gasteiger partial charge in [-0.15, -0.1) is 0 Å². The number of alkyl halides is 3. The molecule has 1 heterocycles. The Hall–Kier alpha value is -1.65. The van der Waals surface area contributed by atoms with E-state index >= 15 is 0 Å². The Balaban J connectivity index is 2.23. The summed E-state index contributed by atoms with van der Waals surface area (Å²) in [6, 6.07) is 2.47. The van der Waals surface area contributed by atoms with Crippen molar-refractivity contribution in [3.05, 3.63) is 29.8 Å². The minimum atomic E-state index is -4.82. The molecule has 2 rings (SSSR count). The van der Waals surface area contributed by atoms with Crippen molar-refractivity contribution in [2.45, 2.75) is 42.9 Å². The first-order valence-electron chi connectivity index (χ1n) is 7.77. The lowest BCUT2D eigenvalue weighted by Crippen LogP contribution is -2.50. The molecule has 2 atom stereocenters. The number of hydrogen-bond acceptors (Lipinski definition) is 4. The third kappa shape index (κ3) is 4.31. The van der Waals surface area contributed by atoms with Gasteiger partial charge in [-0.2, -0.15) is 17.9 Å². The van der Waals surface area contributed by atoms with Crippen LogP contribution in [0.25, 0.3) is 0 Å². The molecule has 6 nitrogen and oxygen atoms in total. The van der Waals surface area contributed by atoms with Gasteiger partial charge in [0.1, 0.15) is 0 Å². The average molecular weight is 379 g/mol. The van der Waals surface area contributed by atoms with E-state index in [1.54, 1.807) is 0 Å². The first-order valence-corrected chi connectivity index (χ1v) is 9.25. The number of carbonyl (C=O) groups excluding carboxylic acids is 1. The second-order valence-electron chi connectivity index (χ2n) is 5.90. The molecule has 1 fully saturated rings. The van der Waals surface area contributed by atoms with Crippen molar-refractivity contribution in [3.8, 4) is 0 Å². The zero-order chi connectivity index (χ0) is 18.8. The van der Waals surface area contributed by atoms with E-state index in [0.29, 0.717) is 12.6 Å². The molecule has 0 saturated carbocycles. The third-order valence-electron chi connectivity index (χ3n) is 4.12. The minimum Gasteiger partial charge on any atom is -0.337 e. The highest BCUT2D eigenvalue weighted by molar-refractivity contribution is 7.89. The summed E-state index contributed by atoms with van der Waals surface area (Å²) in [7, 11) is -4.52. The third-order valence-corrected chi connectivity index (χ3v) is 5.72. The molecule has 1 amide bonds. The van der Waals surface area contributed by atoms with Crippen molar-refractivity contribution in [2.75, 3.05) is 13.1 Å². The van der Waals surface area contributed by atoms with Crippen LogP contribution in [0.1, 0.15) is 25.3 Å². The standard InChI is InChI=1S/C15H20F3N3O3S/c1-10(14(22)21-8-4-5-11(21)9-19)20-25(23,24)13-7-3-2-6-12(13)15(16,17)18/h2-3,6-7,10-11,20H,4-5,8-9,19H2,1H3. The highest BCUT2D eigenvalue weighted by Crippen LogP contribution is 2.34. The van der Waals surface area contributed by atoms with Crippen molar-refractivity contribution in [1.29, 1.82) is 0 Å². The molecule has 1 aromatic carbocycles. The Kier molecular flexibility index (Phi) is 5.75. The largest absolute Gasteiger partial charge is 0.417 e. The second-order valence-corrected chi connectivity index (χ2v) is 7.58. The summed E-state index contributed by atoms with van der Waals surface area (Å²) in [5.41, 5.74) is 4.32. The molecule has 1 saturated heterocycles. The summed E-state index contributed by atoms with van der Waals surface area (Å²) in [5, 5.41) is 0. The van der Waals surface area contributed by atoms with Gasteiger partial charge >= 0.3 is 6.18 Å². The van der Waals surface area contributed by atoms with Gasteiger partial charge in [-0.3, -0.25) is 4.79 Å². The van der Waals surface area contributed by atoms with Gasteiger partial charge in [0.2, 0.25) is 15.9 Å². The SMILES string of the molecule is CC(NS(=O)(=O)c1ccccc1C(F)(F)F)C(=O)N1CCCC1CN. The molecular weight excluding hydrogens is 359 g/mol. The van der Waals surface area contributed by atoms with E-state index in [1.165, 1.54) is 17.9 Å². The second kappa shape index (κ2) is 7.30. The highest BCUT2D eigenvalue weighted by Gasteiger charge is 2.38. The first kappa shape index (κ1) is 19.7. The van der Waals surface area contributed by atoms with Gasteiger partial charge in [-0.1, -0.05) is 12.1 Å². The normalized spacial score (nSPS) is 19.9. The number of rotatable bonds is 5. The van der Waals surface area contributed by atoms with Gasteiger partial charge in [-0.25, -0.2) is 8.42 Å². The molecule has 0 aromatic heterocycles. The highest BCUT2D eigenvalue weighted by atomic mass is 32.2. The van der Waals surface area contributed by atoms with Crippen molar-refractivity contribution in [1.82, 2.24) is 9.62 Å². The van der Waals surface area contributed by atoms with Gasteiger partial charge < -0.3 is 10.6 Å². The van der Waals surface area contributed by atoms with Crippen molar-refractivity contribution < 1.29 is 26.4 Å². The molecule has 25 heavy (non-hydrogen) atoms. The molecule has 2 unspecified atom stereocenters. The Morgan fingerprint density at radius 1 is 1.40 bits per heavy atom. The summed E-state index contributed by atoms with van der Waals surface area (Å²) in [5.74, 6) is -0.499. The van der Waals surface area contributed by atoms with E-state index in [9.17, 15) is 26.4 Å². The van der Waals surface area contributed by atoms with Crippen molar-refractivity contribution in [3.63, 3.8) is 0 Å². The molecule has 10 heteroatoms. The Morgan fingerprint density at radius 2 is 2.04 bits per heavy atom. The van der Waals surface area contributed by atoms with Crippen LogP contribution in [-0.2, 0) is 21.0 Å². The number of sulfonamides is 1. The van der Waals surface area contributed by atoms with Gasteiger partial charge in [-0.05, 0) is 31.9 Å². The summed E-state index contributed by atoms with van der Waals surface area (Å²) in [6.45, 7) is 2.01. The van der Waals surface area contributed by atoms with E-state index in [-0.39, 0.29) is 12.6 Å². The van der Waals surface area contributed by atoms with Gasteiger partial charge in [0.05, 0.1) is 16.5 Å². The van der Waals surface area contributed by atoms with Gasteiger partial charge in [0, 0.05) is 19.1 Å². The number of nitrogens with one attached hydrogen (secondary N) is 1. The van der Waals surface area contributed by atoms with Crippen LogP contribution in [0.2, 0.25) is 0 Å². The zero-order valence-corrected chi connectivity index (χ0v) is 14.4. The average Bonchev–Trinajstić information content (AvgIpc) is 3.01. The lowest BCUT2D eigenvalue weighted by Gasteiger charge is -2.27. The number of nitrogens with zero attached hydrogens (tertiary/aromatic N) is 1. The van der Waals surface area contributed by atoms with Crippen LogP contribution < -0.4 is 10.5 Å². The number of carbonyl (C=O) groups is 1. The molecule has 0 spiro atoms. The van der Waals surface area contributed by atoms with Crippen LogP contribution in [0.5, 0.6) is 0 Å². The van der Waals surface area contributed by atoms with E-state index in [1.807, 2.05) is 4.72 Å². The maximum atomic E-state index is 13.0. The van der Waals surface area contributed by atoms with E-state index in [4.69, 9.17) is 5.73 Å². The van der Waals surface area contributed by atoms with Crippen molar-refractivity contribution >= 4 is 15.9 Å². The number of halogens is 3. The predicted octanol–water partition coefficient (Wildman–Crippen LogP) is 1.32. The summed E-state index contributed by atoms with van der Waals surface area (Å²) >= 11 is 0. The number of likely N-dealkylation sites (tertiary alicyclic amines) is 1. The van der Waals surface area contributed by atoms with Crippen molar-refractivity contribution in [2.24, 2.45) is 5.73 Å². The monoisotopic (exact) mass is 379 g/mol.